The Bertz CT molecular complexity index is 1290. The van der Waals surface area contributed by atoms with Crippen LogP contribution < -0.4 is 29.0 Å². The number of hydrogen-bond acceptors (Lipinski definition) is 8. The van der Waals surface area contributed by atoms with E-state index in [1.165, 1.54) is 6.07 Å². The van der Waals surface area contributed by atoms with Crippen molar-refractivity contribution in [3.63, 3.8) is 0 Å². The second-order valence-corrected chi connectivity index (χ2v) is 11.5. The van der Waals surface area contributed by atoms with E-state index in [0.29, 0.717) is 13.0 Å². The molecule has 0 heterocycles. The minimum absolute atomic E-state index is 0.00551. The van der Waals surface area contributed by atoms with Gasteiger partial charge in [-0.25, -0.2) is 0 Å². The van der Waals surface area contributed by atoms with Gasteiger partial charge in [0.15, 0.2) is 0 Å². The van der Waals surface area contributed by atoms with Crippen molar-refractivity contribution in [2.75, 3.05) is 33.0 Å². The van der Waals surface area contributed by atoms with Gasteiger partial charge in [0.1, 0.15) is 39.9 Å². The number of aryl methyl sites for hydroxylation is 1. The molecule has 0 radical (unpaired) electrons. The topological polar surface area (TPSA) is 97.4 Å². The molecule has 0 saturated carbocycles. The van der Waals surface area contributed by atoms with Crippen molar-refractivity contribution in [1.82, 2.24) is 0 Å². The van der Waals surface area contributed by atoms with E-state index >= 15 is 4.57 Å². The van der Waals surface area contributed by atoms with Gasteiger partial charge in [-0.05, 0) is 83.0 Å². The summed E-state index contributed by atoms with van der Waals surface area (Å²) in [5.41, 5.74) is -1.16. The van der Waals surface area contributed by atoms with Crippen LogP contribution in [-0.4, -0.2) is 44.1 Å². The van der Waals surface area contributed by atoms with Crippen LogP contribution in [0.15, 0.2) is 54.6 Å². The van der Waals surface area contributed by atoms with Crippen LogP contribution in [0.4, 0.5) is 0 Å². The second kappa shape index (κ2) is 14.7. The van der Waals surface area contributed by atoms with Gasteiger partial charge in [0.05, 0.1) is 38.3 Å². The normalized spacial score (nSPS) is 11.1. The largest absolute Gasteiger partial charge is 0.493 e. The van der Waals surface area contributed by atoms with Crippen LogP contribution in [0.5, 0.6) is 28.7 Å². The first-order valence-electron chi connectivity index (χ1n) is 14.0. The molecule has 0 saturated heterocycles. The van der Waals surface area contributed by atoms with Crippen LogP contribution in [0.1, 0.15) is 67.3 Å². The van der Waals surface area contributed by atoms with Gasteiger partial charge < -0.3 is 28.2 Å². The smallest absolute Gasteiger partial charge is 0.252 e. The molecule has 0 fully saturated rings. The lowest BCUT2D eigenvalue weighted by atomic mass is 10.2. The molecule has 0 amide bonds. The Balaban J connectivity index is 2.44. The minimum atomic E-state index is -4.72. The molecule has 0 atom stereocenters. The molecular formula is C32H39O8P. The van der Waals surface area contributed by atoms with Gasteiger partial charge in [0.2, 0.25) is 11.0 Å². The van der Waals surface area contributed by atoms with Gasteiger partial charge in [-0.3, -0.25) is 9.59 Å². The molecule has 0 aliphatic rings. The van der Waals surface area contributed by atoms with Crippen LogP contribution in [0.25, 0.3) is 0 Å². The zero-order valence-corrected chi connectivity index (χ0v) is 25.5. The standard InChI is InChI=1S/C32H39O8P/c1-7-20-40-27-21-22(6)18-19-28(27)41(35,31(33)29-23(36-8-2)14-12-15-24(29)37-9-3)32(34)30-25(38-10-4)16-13-17-26(30)39-11-5/h12-19,21H,7-11,20H2,1-6H3. The van der Waals surface area contributed by atoms with Crippen LogP contribution >= 0.6 is 7.14 Å². The average Bonchev–Trinajstić information content (AvgIpc) is 2.96. The molecule has 3 aromatic rings. The van der Waals surface area contributed by atoms with E-state index < -0.39 is 18.2 Å². The monoisotopic (exact) mass is 582 g/mol. The third-order valence-corrected chi connectivity index (χ3v) is 8.73. The van der Waals surface area contributed by atoms with E-state index in [1.54, 1.807) is 76.2 Å². The fraction of sp³-hybridized carbons (Fsp3) is 0.375. The second-order valence-electron chi connectivity index (χ2n) is 9.03. The van der Waals surface area contributed by atoms with Crippen LogP contribution in [0.2, 0.25) is 0 Å². The summed E-state index contributed by atoms with van der Waals surface area (Å²) in [5, 5.41) is -0.00551. The third-order valence-electron chi connectivity index (χ3n) is 6.09. The van der Waals surface area contributed by atoms with Crippen molar-refractivity contribution >= 4 is 23.5 Å². The number of hydrogen-bond donors (Lipinski definition) is 0. The maximum absolute atomic E-state index is 15.5. The van der Waals surface area contributed by atoms with Crippen molar-refractivity contribution in [3.8, 4) is 28.7 Å². The fourth-order valence-corrected chi connectivity index (χ4v) is 6.80. The first kappa shape index (κ1) is 31.8. The van der Waals surface area contributed by atoms with E-state index in [1.807, 2.05) is 13.8 Å². The molecular weight excluding hydrogens is 543 g/mol. The molecule has 0 unspecified atom stereocenters. The average molecular weight is 583 g/mol. The summed E-state index contributed by atoms with van der Waals surface area (Å²) in [6.45, 7) is 12.2. The Morgan fingerprint density at radius 3 is 1.39 bits per heavy atom. The predicted molar refractivity (Wildman–Crippen MR) is 160 cm³/mol. The van der Waals surface area contributed by atoms with E-state index in [-0.39, 0.29) is 71.6 Å². The molecule has 0 aromatic heterocycles. The van der Waals surface area contributed by atoms with Crippen molar-refractivity contribution in [2.24, 2.45) is 0 Å². The first-order valence-corrected chi connectivity index (χ1v) is 15.7. The highest BCUT2D eigenvalue weighted by molar-refractivity contribution is 8.01. The molecule has 8 nitrogen and oxygen atoms in total. The SMILES string of the molecule is CCCOc1cc(C)ccc1P(=O)(C(=O)c1c(OCC)cccc1OCC)C(=O)c1c(OCC)cccc1OCC. The molecule has 0 bridgehead atoms. The number of carbonyl (C=O) groups excluding carboxylic acids is 2. The van der Waals surface area contributed by atoms with Crippen molar-refractivity contribution < 1.29 is 37.8 Å². The Hall–Kier alpha value is -3.77. The van der Waals surface area contributed by atoms with Gasteiger partial charge >= 0.3 is 0 Å². The summed E-state index contributed by atoms with van der Waals surface area (Å²) in [6.07, 6.45) is 0.670. The van der Waals surface area contributed by atoms with E-state index in [0.717, 1.165) is 5.56 Å². The molecule has 9 heteroatoms. The molecule has 3 aromatic carbocycles. The lowest BCUT2D eigenvalue weighted by Crippen LogP contribution is -2.24. The Morgan fingerprint density at radius 2 is 1.02 bits per heavy atom. The zero-order chi connectivity index (χ0) is 30.0. The molecule has 0 spiro atoms. The van der Waals surface area contributed by atoms with E-state index in [2.05, 4.69) is 0 Å². The number of rotatable bonds is 16. The Kier molecular flexibility index (Phi) is 11.4. The van der Waals surface area contributed by atoms with Crippen LogP contribution in [-0.2, 0) is 4.57 Å². The number of benzene rings is 3. The molecule has 41 heavy (non-hydrogen) atoms. The maximum Gasteiger partial charge on any atom is 0.252 e. The molecule has 0 aliphatic heterocycles. The fourth-order valence-electron chi connectivity index (χ4n) is 4.38. The van der Waals surface area contributed by atoms with Crippen molar-refractivity contribution in [1.29, 1.82) is 0 Å². The summed E-state index contributed by atoms with van der Waals surface area (Å²) < 4.78 is 44.7. The first-order chi connectivity index (χ1) is 19.8. The lowest BCUT2D eigenvalue weighted by Gasteiger charge is -2.24. The van der Waals surface area contributed by atoms with Crippen molar-refractivity contribution in [3.05, 3.63) is 71.3 Å². The third kappa shape index (κ3) is 6.76. The van der Waals surface area contributed by atoms with Gasteiger partial charge in [-0.15, -0.1) is 0 Å². The summed E-state index contributed by atoms with van der Waals surface area (Å²) in [7, 11) is -4.72. The predicted octanol–water partition coefficient (Wildman–Crippen LogP) is 7.05. The highest BCUT2D eigenvalue weighted by Gasteiger charge is 2.48. The highest BCUT2D eigenvalue weighted by Crippen LogP contribution is 2.57. The minimum Gasteiger partial charge on any atom is -0.493 e. The number of carbonyl (C=O) groups is 2. The molecule has 0 N–H and O–H groups in total. The quantitative estimate of drug-likeness (QED) is 0.166. The molecule has 3 rings (SSSR count). The summed E-state index contributed by atoms with van der Waals surface area (Å²) in [6, 6.07) is 14.7. The number of ether oxygens (including phenoxy) is 5. The van der Waals surface area contributed by atoms with Crippen LogP contribution in [0.3, 0.4) is 0 Å². The maximum atomic E-state index is 15.5. The Morgan fingerprint density at radius 1 is 0.610 bits per heavy atom. The van der Waals surface area contributed by atoms with E-state index in [9.17, 15) is 9.59 Å². The Labute approximate surface area is 242 Å². The zero-order valence-electron chi connectivity index (χ0n) is 24.7. The summed E-state index contributed by atoms with van der Waals surface area (Å²) >= 11 is 0. The summed E-state index contributed by atoms with van der Waals surface area (Å²) in [5.74, 6) is 0.881. The van der Waals surface area contributed by atoms with Crippen LogP contribution in [0, 0.1) is 6.92 Å². The van der Waals surface area contributed by atoms with Gasteiger partial charge in [-0.1, -0.05) is 25.1 Å². The van der Waals surface area contributed by atoms with Gasteiger partial charge in [-0.2, -0.15) is 0 Å². The van der Waals surface area contributed by atoms with Crippen molar-refractivity contribution in [2.45, 2.75) is 48.0 Å². The lowest BCUT2D eigenvalue weighted by molar-refractivity contribution is 0.103. The summed E-state index contributed by atoms with van der Waals surface area (Å²) in [4.78, 5) is 29.5. The van der Waals surface area contributed by atoms with E-state index in [4.69, 9.17) is 23.7 Å². The van der Waals surface area contributed by atoms with Gasteiger partial charge in [0.25, 0.3) is 7.14 Å². The highest BCUT2D eigenvalue weighted by atomic mass is 31.2. The molecule has 0 aliphatic carbocycles. The van der Waals surface area contributed by atoms with Gasteiger partial charge in [0, 0.05) is 0 Å². The molecule has 220 valence electrons.